The monoisotopic (exact) mass is 496 g/mol. The van der Waals surface area contributed by atoms with Crippen molar-refractivity contribution >= 4 is 34.7 Å². The lowest BCUT2D eigenvalue weighted by atomic mass is 10.1. The average molecular weight is 497 g/mol. The van der Waals surface area contributed by atoms with Crippen LogP contribution in [0.25, 0.3) is 10.4 Å². The Morgan fingerprint density at radius 2 is 1.70 bits per heavy atom. The van der Waals surface area contributed by atoms with Crippen molar-refractivity contribution in [1.82, 2.24) is 0 Å². The van der Waals surface area contributed by atoms with Gasteiger partial charge in [0.15, 0.2) is 11.4 Å². The van der Waals surface area contributed by atoms with Gasteiger partial charge in [-0.2, -0.15) is 13.2 Å². The lowest BCUT2D eigenvalue weighted by Gasteiger charge is -2.22. The summed E-state index contributed by atoms with van der Waals surface area (Å²) in [5.41, 5.74) is -0.766. The fourth-order valence-corrected chi connectivity index (χ4v) is 4.17. The summed E-state index contributed by atoms with van der Waals surface area (Å²) in [5, 5.41) is 9.42. The number of aryl methyl sites for hydroxylation is 1. The van der Waals surface area contributed by atoms with Gasteiger partial charge in [-0.05, 0) is 67.8 Å². The van der Waals surface area contributed by atoms with Crippen LogP contribution < -0.4 is 4.74 Å². The molecule has 9 heteroatoms. The molecule has 0 radical (unpaired) electrons. The lowest BCUT2D eigenvalue weighted by molar-refractivity contribution is -0.152. The van der Waals surface area contributed by atoms with Gasteiger partial charge in [0.05, 0.1) is 15.5 Å². The van der Waals surface area contributed by atoms with E-state index in [9.17, 15) is 27.9 Å². The van der Waals surface area contributed by atoms with Crippen molar-refractivity contribution in [1.29, 1.82) is 0 Å². The van der Waals surface area contributed by atoms with Crippen molar-refractivity contribution in [2.45, 2.75) is 38.5 Å². The van der Waals surface area contributed by atoms with Crippen LogP contribution in [0, 0.1) is 0 Å². The van der Waals surface area contributed by atoms with Gasteiger partial charge in [-0.1, -0.05) is 29.8 Å². The number of thiophene rings is 1. The second kappa shape index (κ2) is 9.57. The number of halogens is 4. The highest BCUT2D eigenvalue weighted by Gasteiger charge is 2.31. The zero-order valence-corrected chi connectivity index (χ0v) is 19.3. The molecule has 0 amide bonds. The molecule has 0 aliphatic carbocycles. The van der Waals surface area contributed by atoms with Crippen molar-refractivity contribution in [3.63, 3.8) is 0 Å². The molecule has 1 aromatic heterocycles. The van der Waals surface area contributed by atoms with Crippen molar-refractivity contribution in [3.8, 4) is 16.2 Å². The molecule has 1 heterocycles. The summed E-state index contributed by atoms with van der Waals surface area (Å²) in [4.78, 5) is 25.0. The fraction of sp³-hybridized carbons (Fsp3) is 0.250. The third-order valence-corrected chi connectivity index (χ3v) is 6.37. The quantitative estimate of drug-likeness (QED) is 0.336. The van der Waals surface area contributed by atoms with Gasteiger partial charge in [0.25, 0.3) is 0 Å². The summed E-state index contributed by atoms with van der Waals surface area (Å²) in [7, 11) is 0. The third-order valence-electron chi connectivity index (χ3n) is 4.89. The molecule has 0 aliphatic rings. The van der Waals surface area contributed by atoms with E-state index in [2.05, 4.69) is 0 Å². The molecule has 33 heavy (non-hydrogen) atoms. The van der Waals surface area contributed by atoms with Gasteiger partial charge in [-0.3, -0.25) is 4.79 Å². The number of ether oxygens (including phenoxy) is 1. The molecule has 4 nitrogen and oxygen atoms in total. The molecule has 0 saturated carbocycles. The van der Waals surface area contributed by atoms with E-state index < -0.39 is 23.3 Å². The van der Waals surface area contributed by atoms with E-state index in [0.717, 1.165) is 17.7 Å². The molecular weight excluding hydrogens is 477 g/mol. The van der Waals surface area contributed by atoms with E-state index in [1.807, 2.05) is 0 Å². The Hall–Kier alpha value is -2.84. The molecule has 0 aliphatic heterocycles. The van der Waals surface area contributed by atoms with Crippen LogP contribution in [0.15, 0.2) is 54.6 Å². The zero-order chi connectivity index (χ0) is 24.4. The minimum absolute atomic E-state index is 0.0957. The standard InChI is InChI=1S/C24H20ClF3O4S/c1-23(2,22(30)31)32-19-10-4-14(13-17(19)25)3-9-18(29)21-12-11-20(33-21)15-5-7-16(8-6-15)24(26,27)28/h4-8,10-13H,3,9H2,1-2H3,(H,30,31). The van der Waals surface area contributed by atoms with Crippen LogP contribution in [-0.2, 0) is 17.4 Å². The number of benzene rings is 2. The molecule has 2 aromatic carbocycles. The van der Waals surface area contributed by atoms with Crippen LogP contribution in [0.3, 0.4) is 0 Å². The number of carboxylic acids is 1. The topological polar surface area (TPSA) is 63.6 Å². The molecule has 0 atom stereocenters. The van der Waals surface area contributed by atoms with Gasteiger partial charge in [-0.25, -0.2) is 4.79 Å². The van der Waals surface area contributed by atoms with E-state index in [1.54, 1.807) is 30.3 Å². The third kappa shape index (κ3) is 6.15. The van der Waals surface area contributed by atoms with Crippen LogP contribution in [0.1, 0.15) is 41.1 Å². The number of aliphatic carboxylic acids is 1. The lowest BCUT2D eigenvalue weighted by Crippen LogP contribution is -2.37. The summed E-state index contributed by atoms with van der Waals surface area (Å²) < 4.78 is 43.6. The number of rotatable bonds is 8. The molecule has 0 unspecified atom stereocenters. The first-order chi connectivity index (χ1) is 15.4. The van der Waals surface area contributed by atoms with Gasteiger partial charge >= 0.3 is 12.1 Å². The highest BCUT2D eigenvalue weighted by atomic mass is 35.5. The Morgan fingerprint density at radius 1 is 1.03 bits per heavy atom. The molecule has 1 N–H and O–H groups in total. The number of Topliss-reactive ketones (excluding diaryl/α,β-unsaturated/α-hetero) is 1. The highest BCUT2D eigenvalue weighted by Crippen LogP contribution is 2.34. The predicted molar refractivity (Wildman–Crippen MR) is 121 cm³/mol. The summed E-state index contributed by atoms with van der Waals surface area (Å²) in [6, 6.07) is 13.1. The SMILES string of the molecule is CC(C)(Oc1ccc(CCC(=O)c2ccc(-c3ccc(C(F)(F)F)cc3)s2)cc1Cl)C(=O)O. The maximum Gasteiger partial charge on any atom is 0.416 e. The van der Waals surface area contributed by atoms with E-state index in [-0.39, 0.29) is 23.0 Å². The van der Waals surface area contributed by atoms with E-state index in [0.29, 0.717) is 21.7 Å². The molecule has 3 aromatic rings. The van der Waals surface area contributed by atoms with Gasteiger partial charge in [0, 0.05) is 11.3 Å². The average Bonchev–Trinajstić information content (AvgIpc) is 3.23. The van der Waals surface area contributed by atoms with Gasteiger partial charge < -0.3 is 9.84 Å². The van der Waals surface area contributed by atoms with Gasteiger partial charge in [0.2, 0.25) is 0 Å². The molecular formula is C24H20ClF3O4S. The number of ketones is 1. The second-order valence-electron chi connectivity index (χ2n) is 7.84. The van der Waals surface area contributed by atoms with Crippen LogP contribution in [0.4, 0.5) is 13.2 Å². The summed E-state index contributed by atoms with van der Waals surface area (Å²) >= 11 is 7.44. The Labute approximate surface area is 197 Å². The summed E-state index contributed by atoms with van der Waals surface area (Å²) in [5.74, 6) is -0.986. The minimum atomic E-state index is -4.39. The maximum atomic E-state index is 12.7. The largest absolute Gasteiger partial charge is 0.478 e. The van der Waals surface area contributed by atoms with Crippen LogP contribution >= 0.6 is 22.9 Å². The summed E-state index contributed by atoms with van der Waals surface area (Å²) in [6.07, 6.45) is -3.77. The van der Waals surface area contributed by atoms with Crippen LogP contribution in [-0.4, -0.2) is 22.5 Å². The normalized spacial score (nSPS) is 11.9. The molecule has 0 spiro atoms. The van der Waals surface area contributed by atoms with Crippen molar-refractivity contribution < 1.29 is 32.6 Å². The zero-order valence-electron chi connectivity index (χ0n) is 17.7. The fourth-order valence-electron chi connectivity index (χ4n) is 2.95. The Balaban J connectivity index is 1.63. The molecule has 0 saturated heterocycles. The van der Waals surface area contributed by atoms with E-state index in [4.69, 9.17) is 16.3 Å². The van der Waals surface area contributed by atoms with Crippen LogP contribution in [0.5, 0.6) is 5.75 Å². The summed E-state index contributed by atoms with van der Waals surface area (Å²) in [6.45, 7) is 2.83. The minimum Gasteiger partial charge on any atom is -0.478 e. The molecule has 0 bridgehead atoms. The highest BCUT2D eigenvalue weighted by molar-refractivity contribution is 7.17. The Kier molecular flexibility index (Phi) is 7.19. The van der Waals surface area contributed by atoms with E-state index >= 15 is 0 Å². The molecule has 3 rings (SSSR count). The van der Waals surface area contributed by atoms with Crippen LogP contribution in [0.2, 0.25) is 5.02 Å². The Bertz CT molecular complexity index is 1170. The first-order valence-corrected chi connectivity index (χ1v) is 11.1. The number of alkyl halides is 3. The van der Waals surface area contributed by atoms with Crippen molar-refractivity contribution in [2.24, 2.45) is 0 Å². The van der Waals surface area contributed by atoms with Gasteiger partial charge in [-0.15, -0.1) is 11.3 Å². The first-order valence-electron chi connectivity index (χ1n) is 9.88. The van der Waals surface area contributed by atoms with E-state index in [1.165, 1.54) is 37.3 Å². The number of carboxylic acid groups (broad SMARTS) is 1. The maximum absolute atomic E-state index is 12.7. The smallest absolute Gasteiger partial charge is 0.416 e. The molecule has 0 fully saturated rings. The van der Waals surface area contributed by atoms with Gasteiger partial charge in [0.1, 0.15) is 5.75 Å². The first kappa shape index (κ1) is 24.8. The number of carbonyl (C=O) groups is 2. The number of carbonyl (C=O) groups excluding carboxylic acids is 1. The number of hydrogen-bond acceptors (Lipinski definition) is 4. The molecule has 174 valence electrons. The van der Waals surface area contributed by atoms with Crippen molar-refractivity contribution in [3.05, 3.63) is 75.6 Å². The second-order valence-corrected chi connectivity index (χ2v) is 9.34. The van der Waals surface area contributed by atoms with Crippen molar-refractivity contribution in [2.75, 3.05) is 0 Å². The predicted octanol–water partition coefficient (Wildman–Crippen LogP) is 7.14. The Morgan fingerprint density at radius 3 is 2.27 bits per heavy atom. The number of hydrogen-bond donors (Lipinski definition) is 1.